The average molecular weight is 257 g/mol. The molecule has 0 saturated heterocycles. The first-order valence-corrected chi connectivity index (χ1v) is 6.06. The summed E-state index contributed by atoms with van der Waals surface area (Å²) in [5.74, 6) is 0.817. The van der Waals surface area contributed by atoms with Crippen molar-refractivity contribution in [1.82, 2.24) is 14.9 Å². The van der Waals surface area contributed by atoms with E-state index in [0.29, 0.717) is 0 Å². The molecule has 0 saturated carbocycles. The second kappa shape index (κ2) is 5.65. The zero-order valence-electron chi connectivity index (χ0n) is 11.2. The van der Waals surface area contributed by atoms with Crippen molar-refractivity contribution >= 4 is 17.4 Å². The van der Waals surface area contributed by atoms with Gasteiger partial charge in [-0.25, -0.2) is 9.97 Å². The summed E-state index contributed by atoms with van der Waals surface area (Å²) in [6.07, 6.45) is 1.73. The van der Waals surface area contributed by atoms with E-state index < -0.39 is 0 Å². The van der Waals surface area contributed by atoms with Crippen LogP contribution in [0.5, 0.6) is 0 Å². The van der Waals surface area contributed by atoms with Crippen molar-refractivity contribution < 1.29 is 0 Å². The molecule has 1 aromatic rings. The molecule has 0 unspecified atom stereocenters. The van der Waals surface area contributed by atoms with Gasteiger partial charge < -0.3 is 10.2 Å². The summed E-state index contributed by atoms with van der Waals surface area (Å²) in [7, 11) is 4.16. The molecule has 0 spiro atoms. The van der Waals surface area contributed by atoms with Crippen LogP contribution in [0, 0.1) is 12.3 Å². The summed E-state index contributed by atoms with van der Waals surface area (Å²) in [5, 5.41) is 3.62. The lowest BCUT2D eigenvalue weighted by molar-refractivity contribution is 0.254. The Hall–Kier alpha value is -0.870. The van der Waals surface area contributed by atoms with Gasteiger partial charge in [-0.15, -0.1) is 0 Å². The van der Waals surface area contributed by atoms with Gasteiger partial charge in [-0.2, -0.15) is 0 Å². The molecule has 0 radical (unpaired) electrons. The fraction of sp³-hybridized carbons (Fsp3) is 0.667. The molecule has 0 fully saturated rings. The lowest BCUT2D eigenvalue weighted by Crippen LogP contribution is -2.34. The standard InChI is InChI=1S/C12H21ClN4/c1-9-6-14-11(13)16-10(9)15-7-12(2,3)8-17(4)5/h6H,7-8H2,1-5H3,(H,14,15,16). The SMILES string of the molecule is Cc1cnc(Cl)nc1NCC(C)(C)CN(C)C. The molecule has 1 rings (SSSR count). The number of anilines is 1. The van der Waals surface area contributed by atoms with E-state index in [1.807, 2.05) is 6.92 Å². The van der Waals surface area contributed by atoms with Gasteiger partial charge in [0, 0.05) is 24.8 Å². The van der Waals surface area contributed by atoms with E-state index in [1.54, 1.807) is 6.20 Å². The Kier molecular flexibility index (Phi) is 4.71. The van der Waals surface area contributed by atoms with Crippen molar-refractivity contribution in [1.29, 1.82) is 0 Å². The molecule has 0 aliphatic carbocycles. The maximum atomic E-state index is 5.78. The molecule has 0 bridgehead atoms. The topological polar surface area (TPSA) is 41.1 Å². The Bertz CT molecular complexity index is 377. The van der Waals surface area contributed by atoms with Crippen molar-refractivity contribution in [3.05, 3.63) is 17.0 Å². The minimum atomic E-state index is 0.174. The molecule has 0 atom stereocenters. The molecule has 1 heterocycles. The van der Waals surface area contributed by atoms with Crippen LogP contribution in [0.3, 0.4) is 0 Å². The highest BCUT2D eigenvalue weighted by atomic mass is 35.5. The second-order valence-corrected chi connectivity index (χ2v) is 5.76. The first-order valence-electron chi connectivity index (χ1n) is 5.68. The second-order valence-electron chi connectivity index (χ2n) is 5.43. The Morgan fingerprint density at radius 3 is 2.65 bits per heavy atom. The summed E-state index contributed by atoms with van der Waals surface area (Å²) < 4.78 is 0. The van der Waals surface area contributed by atoms with Crippen LogP contribution in [0.2, 0.25) is 5.28 Å². The first-order chi connectivity index (χ1) is 7.80. The predicted octanol–water partition coefficient (Wildman–Crippen LogP) is 2.44. The van der Waals surface area contributed by atoms with Gasteiger partial charge in [0.05, 0.1) is 0 Å². The lowest BCUT2D eigenvalue weighted by atomic mass is 9.93. The molecular formula is C12H21ClN4. The Labute approximate surface area is 108 Å². The molecule has 1 aromatic heterocycles. The van der Waals surface area contributed by atoms with Gasteiger partial charge in [-0.3, -0.25) is 0 Å². The molecule has 0 amide bonds. The molecule has 17 heavy (non-hydrogen) atoms. The van der Waals surface area contributed by atoms with E-state index in [-0.39, 0.29) is 10.7 Å². The summed E-state index contributed by atoms with van der Waals surface area (Å²) >= 11 is 5.78. The number of hydrogen-bond acceptors (Lipinski definition) is 4. The molecule has 0 aromatic carbocycles. The first kappa shape index (κ1) is 14.2. The number of nitrogens with zero attached hydrogens (tertiary/aromatic N) is 3. The van der Waals surface area contributed by atoms with Gasteiger partial charge in [0.1, 0.15) is 5.82 Å². The Balaban J connectivity index is 2.63. The van der Waals surface area contributed by atoms with Crippen LogP contribution < -0.4 is 5.32 Å². The third kappa shape index (κ3) is 4.88. The maximum absolute atomic E-state index is 5.78. The summed E-state index contributed by atoms with van der Waals surface area (Å²) in [5.41, 5.74) is 1.18. The van der Waals surface area contributed by atoms with Crippen LogP contribution >= 0.6 is 11.6 Å². The van der Waals surface area contributed by atoms with Gasteiger partial charge in [-0.05, 0) is 38.0 Å². The van der Waals surface area contributed by atoms with Gasteiger partial charge in [0.15, 0.2) is 0 Å². The van der Waals surface area contributed by atoms with E-state index in [0.717, 1.165) is 24.5 Å². The van der Waals surface area contributed by atoms with Gasteiger partial charge in [0.2, 0.25) is 5.28 Å². The third-order valence-corrected chi connectivity index (χ3v) is 2.60. The Morgan fingerprint density at radius 2 is 2.06 bits per heavy atom. The Morgan fingerprint density at radius 1 is 1.41 bits per heavy atom. The number of aryl methyl sites for hydroxylation is 1. The van der Waals surface area contributed by atoms with Gasteiger partial charge in [0.25, 0.3) is 0 Å². The van der Waals surface area contributed by atoms with Crippen LogP contribution in [-0.4, -0.2) is 42.1 Å². The largest absolute Gasteiger partial charge is 0.369 e. The maximum Gasteiger partial charge on any atom is 0.224 e. The molecule has 5 heteroatoms. The number of hydrogen-bond donors (Lipinski definition) is 1. The van der Waals surface area contributed by atoms with Gasteiger partial charge >= 0.3 is 0 Å². The van der Waals surface area contributed by atoms with Crippen molar-refractivity contribution in [2.24, 2.45) is 5.41 Å². The van der Waals surface area contributed by atoms with Crippen molar-refractivity contribution in [3.63, 3.8) is 0 Å². The van der Waals surface area contributed by atoms with E-state index in [4.69, 9.17) is 11.6 Å². The molecular weight excluding hydrogens is 236 g/mol. The summed E-state index contributed by atoms with van der Waals surface area (Å²) in [4.78, 5) is 10.3. The monoisotopic (exact) mass is 256 g/mol. The van der Waals surface area contributed by atoms with Crippen LogP contribution in [0.1, 0.15) is 19.4 Å². The number of aromatic nitrogens is 2. The number of rotatable bonds is 5. The average Bonchev–Trinajstić information content (AvgIpc) is 2.17. The number of nitrogens with one attached hydrogen (secondary N) is 1. The summed E-state index contributed by atoms with van der Waals surface area (Å²) in [6, 6.07) is 0. The fourth-order valence-corrected chi connectivity index (χ4v) is 1.97. The normalized spacial score (nSPS) is 11.9. The van der Waals surface area contributed by atoms with E-state index in [1.165, 1.54) is 0 Å². The lowest BCUT2D eigenvalue weighted by Gasteiger charge is -2.28. The van der Waals surface area contributed by atoms with Crippen molar-refractivity contribution in [3.8, 4) is 0 Å². The predicted molar refractivity (Wildman–Crippen MR) is 72.6 cm³/mol. The highest BCUT2D eigenvalue weighted by molar-refractivity contribution is 6.28. The van der Waals surface area contributed by atoms with Crippen LogP contribution in [-0.2, 0) is 0 Å². The van der Waals surface area contributed by atoms with Crippen molar-refractivity contribution in [2.75, 3.05) is 32.5 Å². The van der Waals surface area contributed by atoms with Gasteiger partial charge in [-0.1, -0.05) is 13.8 Å². The number of halogens is 1. The highest BCUT2D eigenvalue weighted by Gasteiger charge is 2.19. The molecule has 0 aliphatic rings. The zero-order chi connectivity index (χ0) is 13.1. The van der Waals surface area contributed by atoms with E-state index in [9.17, 15) is 0 Å². The quantitative estimate of drug-likeness (QED) is 0.822. The van der Waals surface area contributed by atoms with Crippen LogP contribution in [0.25, 0.3) is 0 Å². The zero-order valence-corrected chi connectivity index (χ0v) is 12.0. The smallest absolute Gasteiger partial charge is 0.224 e. The fourth-order valence-electron chi connectivity index (χ4n) is 1.83. The minimum Gasteiger partial charge on any atom is -0.369 e. The molecule has 4 nitrogen and oxygen atoms in total. The van der Waals surface area contributed by atoms with Crippen molar-refractivity contribution in [2.45, 2.75) is 20.8 Å². The van der Waals surface area contributed by atoms with Crippen LogP contribution in [0.15, 0.2) is 6.20 Å². The highest BCUT2D eigenvalue weighted by Crippen LogP contribution is 2.19. The van der Waals surface area contributed by atoms with E-state index in [2.05, 4.69) is 48.1 Å². The van der Waals surface area contributed by atoms with E-state index >= 15 is 0 Å². The molecule has 1 N–H and O–H groups in total. The molecule has 0 aliphatic heterocycles. The third-order valence-electron chi connectivity index (χ3n) is 2.42. The summed E-state index contributed by atoms with van der Waals surface area (Å²) in [6.45, 7) is 8.27. The molecule has 96 valence electrons. The minimum absolute atomic E-state index is 0.174. The van der Waals surface area contributed by atoms with Crippen LogP contribution in [0.4, 0.5) is 5.82 Å².